The van der Waals surface area contributed by atoms with Crippen molar-refractivity contribution in [2.75, 3.05) is 5.32 Å². The van der Waals surface area contributed by atoms with E-state index in [2.05, 4.69) is 25.4 Å². The molecule has 0 radical (unpaired) electrons. The van der Waals surface area contributed by atoms with Crippen LogP contribution in [0.2, 0.25) is 0 Å². The Hall–Kier alpha value is -3.03. The molecule has 0 fully saturated rings. The van der Waals surface area contributed by atoms with Crippen molar-refractivity contribution < 1.29 is 9.32 Å². The molecular formula is C14H13N5O3. The van der Waals surface area contributed by atoms with Crippen LogP contribution >= 0.6 is 0 Å². The van der Waals surface area contributed by atoms with Crippen molar-refractivity contribution in [2.45, 2.75) is 19.8 Å². The van der Waals surface area contributed by atoms with E-state index in [0.717, 1.165) is 5.69 Å². The van der Waals surface area contributed by atoms with E-state index >= 15 is 0 Å². The van der Waals surface area contributed by atoms with Gasteiger partial charge in [-0.15, -0.1) is 0 Å². The Morgan fingerprint density at radius 3 is 2.91 bits per heavy atom. The number of H-pyrrole nitrogens is 1. The number of hydrogen-bond donors (Lipinski definition) is 2. The van der Waals surface area contributed by atoms with E-state index in [-0.39, 0.29) is 17.4 Å². The Kier molecular flexibility index (Phi) is 3.42. The van der Waals surface area contributed by atoms with Gasteiger partial charge in [0.2, 0.25) is 5.95 Å². The fourth-order valence-corrected chi connectivity index (χ4v) is 2.00. The van der Waals surface area contributed by atoms with Gasteiger partial charge in [-0.05, 0) is 12.0 Å². The number of amides is 1. The molecule has 0 saturated carbocycles. The minimum Gasteiger partial charge on any atom is -0.336 e. The molecule has 0 spiro atoms. The van der Waals surface area contributed by atoms with Gasteiger partial charge in [0.15, 0.2) is 0 Å². The van der Waals surface area contributed by atoms with Gasteiger partial charge in [0.05, 0.1) is 16.6 Å². The third-order valence-corrected chi connectivity index (χ3v) is 3.07. The first-order chi connectivity index (χ1) is 10.5. The van der Waals surface area contributed by atoms with E-state index in [9.17, 15) is 9.59 Å². The van der Waals surface area contributed by atoms with Crippen molar-refractivity contribution in [1.29, 1.82) is 0 Å². The predicted molar refractivity (Wildman–Crippen MR) is 78.7 cm³/mol. The van der Waals surface area contributed by atoms with Gasteiger partial charge in [-0.3, -0.25) is 19.9 Å². The fraction of sp³-hybridized carbons (Fsp3) is 0.214. The Labute approximate surface area is 124 Å². The zero-order chi connectivity index (χ0) is 15.7. The highest BCUT2D eigenvalue weighted by Crippen LogP contribution is 2.24. The lowest BCUT2D eigenvalue weighted by Gasteiger charge is -2.04. The number of pyridine rings is 1. The third-order valence-electron chi connectivity index (χ3n) is 3.07. The molecule has 0 atom stereocenters. The van der Waals surface area contributed by atoms with Crippen LogP contribution < -0.4 is 10.9 Å². The summed E-state index contributed by atoms with van der Waals surface area (Å²) < 4.78 is 5.13. The molecule has 0 aromatic carbocycles. The summed E-state index contributed by atoms with van der Waals surface area (Å²) in [5.74, 6) is -0.208. The van der Waals surface area contributed by atoms with Crippen LogP contribution in [0.3, 0.4) is 0 Å². The van der Waals surface area contributed by atoms with Crippen LogP contribution in [0.5, 0.6) is 0 Å². The Balaban J connectivity index is 1.94. The first-order valence-corrected chi connectivity index (χ1v) is 6.66. The summed E-state index contributed by atoms with van der Waals surface area (Å²) in [5, 5.41) is 7.16. The highest BCUT2D eigenvalue weighted by Gasteiger charge is 2.16. The lowest BCUT2D eigenvalue weighted by Crippen LogP contribution is -2.17. The maximum Gasteiger partial charge on any atom is 0.259 e. The molecule has 112 valence electrons. The summed E-state index contributed by atoms with van der Waals surface area (Å²) >= 11 is 0. The van der Waals surface area contributed by atoms with Crippen LogP contribution in [0.4, 0.5) is 5.95 Å². The lowest BCUT2D eigenvalue weighted by molar-refractivity contribution is 0.102. The number of anilines is 1. The van der Waals surface area contributed by atoms with E-state index < -0.39 is 5.91 Å². The van der Waals surface area contributed by atoms with Crippen LogP contribution in [0.15, 0.2) is 33.8 Å². The maximum atomic E-state index is 12.2. The van der Waals surface area contributed by atoms with E-state index in [1.165, 1.54) is 18.5 Å². The standard InChI is InChI=1S/C14H13N5O3/c1-7(2)11-9-5-8(6-16-13(9)22-19-11)12(21)18-14-15-4-3-10(20)17-14/h3-7H,1-2H3,(H2,15,17,18,20,21). The third kappa shape index (κ3) is 2.58. The molecule has 0 aliphatic rings. The monoisotopic (exact) mass is 299 g/mol. The molecule has 3 aromatic rings. The molecule has 3 heterocycles. The normalized spacial score (nSPS) is 11.0. The molecule has 8 heteroatoms. The molecule has 1 amide bonds. The summed E-state index contributed by atoms with van der Waals surface area (Å²) in [6.45, 7) is 3.95. The smallest absolute Gasteiger partial charge is 0.259 e. The molecule has 0 aliphatic heterocycles. The number of carbonyl (C=O) groups is 1. The second-order valence-electron chi connectivity index (χ2n) is 5.04. The summed E-state index contributed by atoms with van der Waals surface area (Å²) in [7, 11) is 0. The van der Waals surface area contributed by atoms with Gasteiger partial charge in [0, 0.05) is 18.5 Å². The summed E-state index contributed by atoms with van der Waals surface area (Å²) in [5.41, 5.74) is 1.10. The predicted octanol–water partition coefficient (Wildman–Crippen LogP) is 1.68. The molecule has 0 saturated heterocycles. The molecular weight excluding hydrogens is 286 g/mol. The Morgan fingerprint density at radius 1 is 1.36 bits per heavy atom. The number of aromatic amines is 1. The van der Waals surface area contributed by atoms with Crippen molar-refractivity contribution in [3.8, 4) is 0 Å². The quantitative estimate of drug-likeness (QED) is 0.760. The highest BCUT2D eigenvalue weighted by molar-refractivity contribution is 6.04. The maximum absolute atomic E-state index is 12.2. The zero-order valence-electron chi connectivity index (χ0n) is 12.0. The van der Waals surface area contributed by atoms with Gasteiger partial charge in [-0.2, -0.15) is 0 Å². The van der Waals surface area contributed by atoms with Crippen LogP contribution in [-0.2, 0) is 0 Å². The zero-order valence-corrected chi connectivity index (χ0v) is 12.0. The van der Waals surface area contributed by atoms with Gasteiger partial charge in [0.1, 0.15) is 0 Å². The van der Waals surface area contributed by atoms with Crippen LogP contribution in [-0.4, -0.2) is 26.0 Å². The van der Waals surface area contributed by atoms with Crippen molar-refractivity contribution in [3.63, 3.8) is 0 Å². The number of hydrogen-bond acceptors (Lipinski definition) is 6. The topological polar surface area (TPSA) is 114 Å². The second kappa shape index (κ2) is 5.40. The number of rotatable bonds is 3. The SMILES string of the molecule is CC(C)c1noc2ncc(C(=O)Nc3nccc(=O)[nH]3)cc12. The van der Waals surface area contributed by atoms with E-state index in [0.29, 0.717) is 16.7 Å². The molecule has 2 N–H and O–H groups in total. The van der Waals surface area contributed by atoms with E-state index in [4.69, 9.17) is 4.52 Å². The van der Waals surface area contributed by atoms with Gasteiger partial charge in [0.25, 0.3) is 17.2 Å². The molecule has 3 aromatic heterocycles. The van der Waals surface area contributed by atoms with E-state index in [1.54, 1.807) is 6.07 Å². The highest BCUT2D eigenvalue weighted by atomic mass is 16.5. The number of aromatic nitrogens is 4. The van der Waals surface area contributed by atoms with Crippen molar-refractivity contribution >= 4 is 23.0 Å². The van der Waals surface area contributed by atoms with Crippen molar-refractivity contribution in [1.82, 2.24) is 20.1 Å². The molecule has 0 aliphatic carbocycles. The van der Waals surface area contributed by atoms with Crippen LogP contribution in [0.1, 0.15) is 35.8 Å². The minimum absolute atomic E-state index is 0.0759. The minimum atomic E-state index is -0.431. The largest absolute Gasteiger partial charge is 0.336 e. The van der Waals surface area contributed by atoms with Gasteiger partial charge >= 0.3 is 0 Å². The first-order valence-electron chi connectivity index (χ1n) is 6.66. The van der Waals surface area contributed by atoms with E-state index in [1.807, 2.05) is 13.8 Å². The number of nitrogens with one attached hydrogen (secondary N) is 2. The molecule has 8 nitrogen and oxygen atoms in total. The summed E-state index contributed by atoms with van der Waals surface area (Å²) in [4.78, 5) is 33.8. The van der Waals surface area contributed by atoms with Gasteiger partial charge < -0.3 is 4.52 Å². The lowest BCUT2D eigenvalue weighted by atomic mass is 10.1. The van der Waals surface area contributed by atoms with Gasteiger partial charge in [-0.25, -0.2) is 9.97 Å². The molecule has 0 unspecified atom stereocenters. The van der Waals surface area contributed by atoms with Crippen LogP contribution in [0, 0.1) is 0 Å². The van der Waals surface area contributed by atoms with Crippen molar-refractivity contribution in [2.24, 2.45) is 0 Å². The van der Waals surface area contributed by atoms with Crippen molar-refractivity contribution in [3.05, 3.63) is 46.1 Å². The second-order valence-corrected chi connectivity index (χ2v) is 5.04. The number of carbonyl (C=O) groups excluding carboxylic acids is 1. The summed E-state index contributed by atoms with van der Waals surface area (Å²) in [6, 6.07) is 2.92. The Morgan fingerprint density at radius 2 is 2.18 bits per heavy atom. The first kappa shape index (κ1) is 13.9. The number of nitrogens with zero attached hydrogens (tertiary/aromatic N) is 3. The number of fused-ring (bicyclic) bond motifs is 1. The average molecular weight is 299 g/mol. The molecule has 0 bridgehead atoms. The average Bonchev–Trinajstić information content (AvgIpc) is 2.90. The molecule has 3 rings (SSSR count). The molecule has 22 heavy (non-hydrogen) atoms. The Bertz CT molecular complexity index is 897. The van der Waals surface area contributed by atoms with Crippen LogP contribution in [0.25, 0.3) is 11.1 Å². The fourth-order valence-electron chi connectivity index (χ4n) is 2.00. The summed E-state index contributed by atoms with van der Waals surface area (Å²) in [6.07, 6.45) is 2.70. The van der Waals surface area contributed by atoms with Gasteiger partial charge in [-0.1, -0.05) is 19.0 Å².